The molecular formula is C23H26ClN3O3. The number of nitrogens with two attached hydrogens (primary N) is 1. The van der Waals surface area contributed by atoms with E-state index >= 15 is 0 Å². The van der Waals surface area contributed by atoms with Crippen LogP contribution in [0.3, 0.4) is 0 Å². The fourth-order valence-corrected chi connectivity index (χ4v) is 4.14. The van der Waals surface area contributed by atoms with Crippen LogP contribution in [0.25, 0.3) is 0 Å². The van der Waals surface area contributed by atoms with E-state index in [-0.39, 0.29) is 48.6 Å². The minimum absolute atomic E-state index is 0. The number of fused-ring (bicyclic) bond motifs is 1. The summed E-state index contributed by atoms with van der Waals surface area (Å²) in [5.41, 5.74) is 8.01. The van der Waals surface area contributed by atoms with E-state index in [2.05, 4.69) is 0 Å². The van der Waals surface area contributed by atoms with E-state index in [0.29, 0.717) is 29.8 Å². The number of carbonyl (C=O) groups excluding carboxylic acids is 3. The molecule has 1 fully saturated rings. The Hall–Kier alpha value is -2.70. The third-order valence-corrected chi connectivity index (χ3v) is 5.89. The predicted octanol–water partition coefficient (Wildman–Crippen LogP) is 3.10. The highest BCUT2D eigenvalue weighted by Gasteiger charge is 2.36. The molecule has 3 amide bonds. The Balaban J connectivity index is 0.00000256. The van der Waals surface area contributed by atoms with Crippen LogP contribution in [0.15, 0.2) is 48.5 Å². The minimum Gasteiger partial charge on any atom is -0.338 e. The second kappa shape index (κ2) is 8.98. The van der Waals surface area contributed by atoms with Crippen LogP contribution in [0.2, 0.25) is 0 Å². The second-order valence-electron chi connectivity index (χ2n) is 7.96. The Morgan fingerprint density at radius 1 is 1.10 bits per heavy atom. The lowest BCUT2D eigenvalue weighted by Crippen LogP contribution is -2.45. The normalized spacial score (nSPS) is 19.3. The quantitative estimate of drug-likeness (QED) is 0.760. The van der Waals surface area contributed by atoms with Crippen LogP contribution in [0.4, 0.5) is 0 Å². The molecule has 158 valence electrons. The van der Waals surface area contributed by atoms with Gasteiger partial charge in [0.1, 0.15) is 0 Å². The van der Waals surface area contributed by atoms with E-state index in [4.69, 9.17) is 5.73 Å². The van der Waals surface area contributed by atoms with Gasteiger partial charge in [0.25, 0.3) is 17.7 Å². The first-order valence-corrected chi connectivity index (χ1v) is 10.0. The number of imide groups is 1. The number of piperidine rings is 1. The van der Waals surface area contributed by atoms with Gasteiger partial charge in [-0.3, -0.25) is 19.3 Å². The lowest BCUT2D eigenvalue weighted by Gasteiger charge is -2.34. The van der Waals surface area contributed by atoms with E-state index in [1.54, 1.807) is 18.2 Å². The number of benzene rings is 2. The van der Waals surface area contributed by atoms with Crippen molar-refractivity contribution in [1.82, 2.24) is 9.80 Å². The van der Waals surface area contributed by atoms with Crippen LogP contribution in [0, 0.1) is 5.92 Å². The number of hydrogen-bond donors (Lipinski definition) is 1. The van der Waals surface area contributed by atoms with Crippen molar-refractivity contribution in [3.63, 3.8) is 0 Å². The summed E-state index contributed by atoms with van der Waals surface area (Å²) in [4.78, 5) is 41.6. The summed E-state index contributed by atoms with van der Waals surface area (Å²) in [5.74, 6) is -0.495. The molecule has 0 aliphatic carbocycles. The highest BCUT2D eigenvalue weighted by molar-refractivity contribution is 6.22. The minimum atomic E-state index is -0.351. The maximum absolute atomic E-state index is 13.0. The molecule has 0 saturated carbocycles. The first-order chi connectivity index (χ1) is 14.0. The first kappa shape index (κ1) is 22.0. The Labute approximate surface area is 182 Å². The van der Waals surface area contributed by atoms with Crippen LogP contribution in [-0.4, -0.2) is 46.7 Å². The van der Waals surface area contributed by atoms with E-state index < -0.39 is 0 Å². The molecule has 2 aliphatic rings. The SMILES string of the molecule is CC(N)C1CCCN(C(=O)c2ccc3c(c2)C(=O)N(Cc2ccccc2)C3=O)C1.Cl. The van der Waals surface area contributed by atoms with Crippen molar-refractivity contribution < 1.29 is 14.4 Å². The molecule has 7 heteroatoms. The van der Waals surface area contributed by atoms with Gasteiger partial charge in [0.05, 0.1) is 17.7 Å². The average molecular weight is 428 g/mol. The Kier molecular flexibility index (Phi) is 6.58. The molecule has 2 aliphatic heterocycles. The van der Waals surface area contributed by atoms with Crippen LogP contribution < -0.4 is 5.73 Å². The zero-order chi connectivity index (χ0) is 20.5. The van der Waals surface area contributed by atoms with Crippen LogP contribution in [-0.2, 0) is 6.54 Å². The molecule has 30 heavy (non-hydrogen) atoms. The summed E-state index contributed by atoms with van der Waals surface area (Å²) < 4.78 is 0. The van der Waals surface area contributed by atoms with E-state index in [0.717, 1.165) is 18.4 Å². The largest absolute Gasteiger partial charge is 0.338 e. The first-order valence-electron chi connectivity index (χ1n) is 10.0. The van der Waals surface area contributed by atoms with Crippen LogP contribution in [0.5, 0.6) is 0 Å². The van der Waals surface area contributed by atoms with E-state index in [1.807, 2.05) is 42.2 Å². The standard InChI is InChI=1S/C23H25N3O3.ClH/c1-15(24)18-8-5-11-25(14-18)21(27)17-9-10-19-20(12-17)23(29)26(22(19)28)13-16-6-3-2-4-7-16;/h2-4,6-7,9-10,12,15,18H,5,8,11,13-14,24H2,1H3;1H. The van der Waals surface area contributed by atoms with Gasteiger partial charge < -0.3 is 10.6 Å². The maximum Gasteiger partial charge on any atom is 0.261 e. The number of carbonyl (C=O) groups is 3. The summed E-state index contributed by atoms with van der Waals surface area (Å²) in [6.45, 7) is 3.51. The number of halogens is 1. The van der Waals surface area contributed by atoms with Gasteiger partial charge in [-0.1, -0.05) is 30.3 Å². The molecule has 1 saturated heterocycles. The molecule has 4 rings (SSSR count). The van der Waals surface area contributed by atoms with Crippen molar-refractivity contribution >= 4 is 30.1 Å². The second-order valence-corrected chi connectivity index (χ2v) is 7.96. The van der Waals surface area contributed by atoms with E-state index in [9.17, 15) is 14.4 Å². The van der Waals surface area contributed by atoms with Gasteiger partial charge in [-0.15, -0.1) is 12.4 Å². The van der Waals surface area contributed by atoms with Crippen molar-refractivity contribution in [2.24, 2.45) is 11.7 Å². The smallest absolute Gasteiger partial charge is 0.261 e. The van der Waals surface area contributed by atoms with Gasteiger partial charge in [0, 0.05) is 24.7 Å². The molecule has 0 aromatic heterocycles. The van der Waals surface area contributed by atoms with Crippen molar-refractivity contribution in [1.29, 1.82) is 0 Å². The predicted molar refractivity (Wildman–Crippen MR) is 117 cm³/mol. The number of nitrogens with zero attached hydrogens (tertiary/aromatic N) is 2. The molecule has 2 N–H and O–H groups in total. The molecule has 2 aromatic carbocycles. The number of hydrogen-bond acceptors (Lipinski definition) is 4. The Bertz CT molecular complexity index is 961. The highest BCUT2D eigenvalue weighted by Crippen LogP contribution is 2.27. The molecule has 2 unspecified atom stereocenters. The fraction of sp³-hybridized carbons (Fsp3) is 0.348. The van der Waals surface area contributed by atoms with Gasteiger partial charge in [-0.2, -0.15) is 0 Å². The van der Waals surface area contributed by atoms with Crippen molar-refractivity contribution in [2.75, 3.05) is 13.1 Å². The van der Waals surface area contributed by atoms with Gasteiger partial charge in [0.15, 0.2) is 0 Å². The number of amides is 3. The van der Waals surface area contributed by atoms with Crippen molar-refractivity contribution in [2.45, 2.75) is 32.4 Å². The third kappa shape index (κ3) is 4.11. The zero-order valence-electron chi connectivity index (χ0n) is 16.9. The molecule has 6 nitrogen and oxygen atoms in total. The molecule has 0 spiro atoms. The topological polar surface area (TPSA) is 83.7 Å². The van der Waals surface area contributed by atoms with Crippen LogP contribution >= 0.6 is 12.4 Å². The van der Waals surface area contributed by atoms with Gasteiger partial charge in [-0.25, -0.2) is 0 Å². The maximum atomic E-state index is 13.0. The summed E-state index contributed by atoms with van der Waals surface area (Å²) >= 11 is 0. The fourth-order valence-electron chi connectivity index (χ4n) is 4.14. The summed E-state index contributed by atoms with van der Waals surface area (Å²) in [6.07, 6.45) is 1.94. The van der Waals surface area contributed by atoms with Crippen molar-refractivity contribution in [3.05, 3.63) is 70.8 Å². The van der Waals surface area contributed by atoms with Crippen LogP contribution in [0.1, 0.15) is 56.4 Å². The Morgan fingerprint density at radius 3 is 2.50 bits per heavy atom. The zero-order valence-corrected chi connectivity index (χ0v) is 17.7. The monoisotopic (exact) mass is 427 g/mol. The van der Waals surface area contributed by atoms with Gasteiger partial charge in [0.2, 0.25) is 0 Å². The molecule has 2 heterocycles. The van der Waals surface area contributed by atoms with Crippen molar-refractivity contribution in [3.8, 4) is 0 Å². The highest BCUT2D eigenvalue weighted by atomic mass is 35.5. The Morgan fingerprint density at radius 2 is 1.80 bits per heavy atom. The molecule has 2 aromatic rings. The lowest BCUT2D eigenvalue weighted by atomic mass is 9.91. The van der Waals surface area contributed by atoms with E-state index in [1.165, 1.54) is 4.90 Å². The molecule has 0 radical (unpaired) electrons. The summed E-state index contributed by atoms with van der Waals surface area (Å²) in [7, 11) is 0. The molecular weight excluding hydrogens is 402 g/mol. The number of rotatable bonds is 4. The average Bonchev–Trinajstić information content (AvgIpc) is 2.98. The summed E-state index contributed by atoms with van der Waals surface area (Å²) in [6, 6.07) is 14.2. The summed E-state index contributed by atoms with van der Waals surface area (Å²) in [5, 5.41) is 0. The number of likely N-dealkylation sites (tertiary alicyclic amines) is 1. The lowest BCUT2D eigenvalue weighted by molar-refractivity contribution is 0.0640. The van der Waals surface area contributed by atoms with Gasteiger partial charge >= 0.3 is 0 Å². The van der Waals surface area contributed by atoms with Gasteiger partial charge in [-0.05, 0) is 49.4 Å². The third-order valence-electron chi connectivity index (χ3n) is 5.89. The molecule has 2 atom stereocenters. The molecule has 0 bridgehead atoms.